The Hall–Kier alpha value is -2.42. The van der Waals surface area contributed by atoms with Gasteiger partial charge in [-0.1, -0.05) is 6.07 Å². The van der Waals surface area contributed by atoms with Gasteiger partial charge in [0.15, 0.2) is 11.6 Å². The van der Waals surface area contributed by atoms with Crippen LogP contribution in [0.3, 0.4) is 0 Å². The summed E-state index contributed by atoms with van der Waals surface area (Å²) in [5, 5.41) is 11.1. The second-order valence-electron chi connectivity index (χ2n) is 4.12. The maximum absolute atomic E-state index is 12.9. The molecule has 0 aliphatic heterocycles. The van der Waals surface area contributed by atoms with Crippen LogP contribution in [0.5, 0.6) is 0 Å². The van der Waals surface area contributed by atoms with Gasteiger partial charge in [0.05, 0.1) is 0 Å². The number of terminal acetylenes is 1. The summed E-state index contributed by atoms with van der Waals surface area (Å²) in [4.78, 5) is 22.3. The van der Waals surface area contributed by atoms with Crippen LogP contribution in [-0.4, -0.2) is 23.0 Å². The third-order valence-electron chi connectivity index (χ3n) is 2.58. The molecule has 0 saturated carbocycles. The number of nitrogens with one attached hydrogen (secondary N) is 1. The molecule has 1 aromatic rings. The van der Waals surface area contributed by atoms with Crippen molar-refractivity contribution in [3.05, 3.63) is 35.4 Å². The van der Waals surface area contributed by atoms with Crippen molar-refractivity contribution in [2.45, 2.75) is 25.3 Å². The van der Waals surface area contributed by atoms with Crippen molar-refractivity contribution in [3.8, 4) is 12.3 Å². The van der Waals surface area contributed by atoms with Crippen molar-refractivity contribution >= 4 is 11.9 Å². The van der Waals surface area contributed by atoms with E-state index in [9.17, 15) is 18.4 Å². The smallest absolute Gasteiger partial charge is 0.327 e. The summed E-state index contributed by atoms with van der Waals surface area (Å²) in [6, 6.07) is 2.19. The third-order valence-corrected chi connectivity index (χ3v) is 2.58. The molecule has 106 valence electrons. The molecule has 1 aromatic carbocycles. The van der Waals surface area contributed by atoms with E-state index in [0.29, 0.717) is 5.56 Å². The first-order valence-corrected chi connectivity index (χ1v) is 5.83. The maximum Gasteiger partial charge on any atom is 0.327 e. The van der Waals surface area contributed by atoms with Crippen LogP contribution < -0.4 is 5.32 Å². The van der Waals surface area contributed by atoms with Gasteiger partial charge in [-0.15, -0.1) is 12.3 Å². The molecule has 2 N–H and O–H groups in total. The summed E-state index contributed by atoms with van der Waals surface area (Å²) in [6.45, 7) is 0. The lowest BCUT2D eigenvalue weighted by Crippen LogP contribution is -2.40. The Morgan fingerprint density at radius 1 is 1.35 bits per heavy atom. The number of carbonyl (C=O) groups excluding carboxylic acids is 1. The Morgan fingerprint density at radius 2 is 2.05 bits per heavy atom. The summed E-state index contributed by atoms with van der Waals surface area (Å²) in [6.07, 6.45) is 5.01. The minimum Gasteiger partial charge on any atom is -0.480 e. The topological polar surface area (TPSA) is 66.4 Å². The molecule has 0 fully saturated rings. The van der Waals surface area contributed by atoms with Gasteiger partial charge >= 0.3 is 5.97 Å². The first-order valence-electron chi connectivity index (χ1n) is 5.83. The third kappa shape index (κ3) is 4.69. The zero-order chi connectivity index (χ0) is 15.1. The number of carbonyl (C=O) groups is 2. The first kappa shape index (κ1) is 15.6. The van der Waals surface area contributed by atoms with E-state index in [-0.39, 0.29) is 19.3 Å². The highest BCUT2D eigenvalue weighted by Crippen LogP contribution is 2.10. The van der Waals surface area contributed by atoms with Gasteiger partial charge in [0, 0.05) is 12.8 Å². The number of hydrogen-bond donors (Lipinski definition) is 2. The summed E-state index contributed by atoms with van der Waals surface area (Å²) in [5.41, 5.74) is 0.447. The molecule has 20 heavy (non-hydrogen) atoms. The van der Waals surface area contributed by atoms with Crippen LogP contribution in [0.25, 0.3) is 0 Å². The molecule has 0 aromatic heterocycles. The van der Waals surface area contributed by atoms with Crippen molar-refractivity contribution in [2.24, 2.45) is 0 Å². The number of benzene rings is 1. The Balaban J connectivity index is 2.52. The predicted octanol–water partition coefficient (Wildman–Crippen LogP) is 1.49. The maximum atomic E-state index is 12.9. The molecule has 0 bridgehead atoms. The highest BCUT2D eigenvalue weighted by Gasteiger charge is 2.18. The summed E-state index contributed by atoms with van der Waals surface area (Å²) in [5.74, 6) is -1.53. The minimum absolute atomic E-state index is 0.0422. The monoisotopic (exact) mass is 281 g/mol. The largest absolute Gasteiger partial charge is 0.480 e. The normalized spacial score (nSPS) is 11.4. The number of rotatable bonds is 6. The Labute approximate surface area is 114 Å². The lowest BCUT2D eigenvalue weighted by molar-refractivity contribution is -0.141. The molecule has 0 heterocycles. The van der Waals surface area contributed by atoms with Gasteiger partial charge in [0.1, 0.15) is 6.04 Å². The second kappa shape index (κ2) is 7.24. The zero-order valence-corrected chi connectivity index (χ0v) is 10.5. The number of aryl methyl sites for hydroxylation is 1. The standard InChI is InChI=1S/C14H13F2NO3/c1-2-3-12(14(19)20)17-13(18)7-5-9-4-6-10(15)11(16)8-9/h1,4,6,8,12H,3,5,7H2,(H,17,18)(H,19,20). The van der Waals surface area contributed by atoms with Crippen LogP contribution in [0, 0.1) is 24.0 Å². The van der Waals surface area contributed by atoms with E-state index in [1.54, 1.807) is 0 Å². The van der Waals surface area contributed by atoms with Gasteiger partial charge in [-0.3, -0.25) is 4.79 Å². The number of carboxylic acid groups (broad SMARTS) is 1. The fourth-order valence-electron chi connectivity index (χ4n) is 1.54. The van der Waals surface area contributed by atoms with Gasteiger partial charge < -0.3 is 10.4 Å². The number of hydrogen-bond acceptors (Lipinski definition) is 2. The highest BCUT2D eigenvalue weighted by atomic mass is 19.2. The van der Waals surface area contributed by atoms with Crippen molar-refractivity contribution in [1.82, 2.24) is 5.32 Å². The Kier molecular flexibility index (Phi) is 5.66. The average molecular weight is 281 g/mol. The van der Waals surface area contributed by atoms with Gasteiger partial charge in [-0.25, -0.2) is 13.6 Å². The van der Waals surface area contributed by atoms with Crippen LogP contribution in [0.1, 0.15) is 18.4 Å². The number of halogens is 2. The SMILES string of the molecule is C#CCC(NC(=O)CCc1ccc(F)c(F)c1)C(=O)O. The summed E-state index contributed by atoms with van der Waals surface area (Å²) < 4.78 is 25.6. The van der Waals surface area contributed by atoms with E-state index in [2.05, 4.69) is 11.2 Å². The van der Waals surface area contributed by atoms with E-state index >= 15 is 0 Å². The van der Waals surface area contributed by atoms with Gasteiger partial charge in [-0.2, -0.15) is 0 Å². The molecule has 1 rings (SSSR count). The van der Waals surface area contributed by atoms with Crippen LogP contribution in [-0.2, 0) is 16.0 Å². The second-order valence-corrected chi connectivity index (χ2v) is 4.12. The quantitative estimate of drug-likeness (QED) is 0.776. The van der Waals surface area contributed by atoms with E-state index < -0.39 is 29.6 Å². The van der Waals surface area contributed by atoms with Crippen molar-refractivity contribution in [3.63, 3.8) is 0 Å². The molecule has 1 unspecified atom stereocenters. The van der Waals surface area contributed by atoms with Crippen molar-refractivity contribution in [2.75, 3.05) is 0 Å². The Bertz CT molecular complexity index is 552. The van der Waals surface area contributed by atoms with E-state index in [4.69, 9.17) is 11.5 Å². The molecule has 6 heteroatoms. The molecule has 0 spiro atoms. The predicted molar refractivity (Wildman–Crippen MR) is 67.7 cm³/mol. The molecule has 0 aliphatic carbocycles. The van der Waals surface area contributed by atoms with Crippen LogP contribution >= 0.6 is 0 Å². The number of amides is 1. The molecule has 1 atom stereocenters. The van der Waals surface area contributed by atoms with Crippen LogP contribution in [0.4, 0.5) is 8.78 Å². The Morgan fingerprint density at radius 3 is 2.60 bits per heavy atom. The molecule has 4 nitrogen and oxygen atoms in total. The lowest BCUT2D eigenvalue weighted by atomic mass is 10.1. The number of carboxylic acids is 1. The highest BCUT2D eigenvalue weighted by molar-refractivity contribution is 5.83. The van der Waals surface area contributed by atoms with Crippen molar-refractivity contribution < 1.29 is 23.5 Å². The average Bonchev–Trinajstić information content (AvgIpc) is 2.39. The van der Waals surface area contributed by atoms with Crippen LogP contribution in [0.15, 0.2) is 18.2 Å². The van der Waals surface area contributed by atoms with Gasteiger partial charge in [-0.05, 0) is 24.1 Å². The van der Waals surface area contributed by atoms with E-state index in [1.165, 1.54) is 6.07 Å². The van der Waals surface area contributed by atoms with E-state index in [0.717, 1.165) is 12.1 Å². The summed E-state index contributed by atoms with van der Waals surface area (Å²) >= 11 is 0. The summed E-state index contributed by atoms with van der Waals surface area (Å²) in [7, 11) is 0. The molecule has 0 radical (unpaired) electrons. The van der Waals surface area contributed by atoms with Gasteiger partial charge in [0.25, 0.3) is 0 Å². The van der Waals surface area contributed by atoms with Gasteiger partial charge in [0.2, 0.25) is 5.91 Å². The molecule has 1 amide bonds. The fraction of sp³-hybridized carbons (Fsp3) is 0.286. The number of aliphatic carboxylic acids is 1. The van der Waals surface area contributed by atoms with Crippen molar-refractivity contribution in [1.29, 1.82) is 0 Å². The fourth-order valence-corrected chi connectivity index (χ4v) is 1.54. The first-order chi connectivity index (χ1) is 9.43. The van der Waals surface area contributed by atoms with E-state index in [1.807, 2.05) is 0 Å². The minimum atomic E-state index is -1.22. The molecule has 0 aliphatic rings. The molecular formula is C14H13F2NO3. The van der Waals surface area contributed by atoms with Crippen LogP contribution in [0.2, 0.25) is 0 Å². The lowest BCUT2D eigenvalue weighted by Gasteiger charge is -2.11. The molecule has 0 saturated heterocycles. The zero-order valence-electron chi connectivity index (χ0n) is 10.5. The molecular weight excluding hydrogens is 268 g/mol.